The highest BCUT2D eigenvalue weighted by Crippen LogP contribution is 2.21. The second kappa shape index (κ2) is 5.88. The molecule has 1 heterocycles. The van der Waals surface area contributed by atoms with Crippen molar-refractivity contribution in [2.75, 3.05) is 5.43 Å². The zero-order valence-electron chi connectivity index (χ0n) is 12.7. The Morgan fingerprint density at radius 1 is 1.26 bits per heavy atom. The first-order chi connectivity index (χ1) is 11.1. The molecule has 3 rings (SSSR count). The van der Waals surface area contributed by atoms with E-state index in [0.717, 1.165) is 11.2 Å². The molecule has 0 atom stereocenters. The van der Waals surface area contributed by atoms with Crippen LogP contribution < -0.4 is 5.43 Å². The van der Waals surface area contributed by atoms with Crippen molar-refractivity contribution in [2.45, 2.75) is 6.92 Å². The molecule has 0 aliphatic carbocycles. The summed E-state index contributed by atoms with van der Waals surface area (Å²) in [5.41, 5.74) is 5.96. The lowest BCUT2D eigenvalue weighted by Crippen LogP contribution is -2.07. The van der Waals surface area contributed by atoms with Crippen LogP contribution in [0.4, 0.5) is 11.4 Å². The summed E-state index contributed by atoms with van der Waals surface area (Å²) in [6.45, 7) is 1.84. The van der Waals surface area contributed by atoms with E-state index in [0.29, 0.717) is 17.1 Å². The Balaban J connectivity index is 1.95. The predicted molar refractivity (Wildman–Crippen MR) is 89.6 cm³/mol. The van der Waals surface area contributed by atoms with Gasteiger partial charge in [0.25, 0.3) is 5.69 Å². The van der Waals surface area contributed by atoms with Gasteiger partial charge in [0.2, 0.25) is 0 Å². The highest BCUT2D eigenvalue weighted by Gasteiger charge is 2.14. The maximum Gasteiger partial charge on any atom is 0.271 e. The molecule has 0 aliphatic rings. The number of hydrogen-bond donors (Lipinski definition) is 1. The van der Waals surface area contributed by atoms with Crippen LogP contribution in [-0.2, 0) is 7.05 Å². The number of para-hydroxylation sites is 1. The number of aryl methyl sites for hydroxylation is 1. The molecule has 7 heteroatoms. The molecule has 0 amide bonds. The van der Waals surface area contributed by atoms with E-state index in [1.165, 1.54) is 12.1 Å². The monoisotopic (exact) mass is 309 g/mol. The van der Waals surface area contributed by atoms with Crippen molar-refractivity contribution in [1.82, 2.24) is 9.55 Å². The Morgan fingerprint density at radius 2 is 2.00 bits per heavy atom. The minimum atomic E-state index is -0.425. The third kappa shape index (κ3) is 2.89. The van der Waals surface area contributed by atoms with E-state index in [1.54, 1.807) is 6.07 Å². The number of nitrogens with one attached hydrogen (secondary N) is 1. The fourth-order valence-corrected chi connectivity index (χ4v) is 2.34. The summed E-state index contributed by atoms with van der Waals surface area (Å²) in [7, 11) is 1.86. The molecule has 0 unspecified atom stereocenters. The van der Waals surface area contributed by atoms with Crippen molar-refractivity contribution in [3.8, 4) is 0 Å². The summed E-state index contributed by atoms with van der Waals surface area (Å²) in [6.07, 6.45) is 0. The van der Waals surface area contributed by atoms with Gasteiger partial charge in [-0.1, -0.05) is 18.2 Å². The molecule has 1 aromatic heterocycles. The highest BCUT2D eigenvalue weighted by molar-refractivity contribution is 5.99. The molecular weight excluding hydrogens is 294 g/mol. The van der Waals surface area contributed by atoms with Gasteiger partial charge in [0.15, 0.2) is 5.82 Å². The maximum absolute atomic E-state index is 10.9. The smallest absolute Gasteiger partial charge is 0.271 e. The van der Waals surface area contributed by atoms with Crippen molar-refractivity contribution < 1.29 is 4.92 Å². The molecule has 23 heavy (non-hydrogen) atoms. The van der Waals surface area contributed by atoms with E-state index in [1.807, 2.05) is 48.9 Å². The predicted octanol–water partition coefficient (Wildman–Crippen LogP) is 3.32. The van der Waals surface area contributed by atoms with E-state index in [2.05, 4.69) is 15.5 Å². The van der Waals surface area contributed by atoms with E-state index < -0.39 is 4.92 Å². The SMILES string of the molecule is C/C(=N\Nc1ccccc1)c1nc2cc([N+](=O)[O-])ccc2n1C. The average Bonchev–Trinajstić information content (AvgIpc) is 2.90. The van der Waals surface area contributed by atoms with Gasteiger partial charge in [-0.05, 0) is 25.1 Å². The van der Waals surface area contributed by atoms with Crippen LogP contribution in [0.15, 0.2) is 53.6 Å². The van der Waals surface area contributed by atoms with Crippen LogP contribution in [0.5, 0.6) is 0 Å². The molecular formula is C16H15N5O2. The number of non-ortho nitro benzene ring substituents is 1. The summed E-state index contributed by atoms with van der Waals surface area (Å²) in [4.78, 5) is 14.9. The van der Waals surface area contributed by atoms with Gasteiger partial charge in [0.1, 0.15) is 5.71 Å². The molecule has 3 aromatic rings. The van der Waals surface area contributed by atoms with Crippen molar-refractivity contribution >= 4 is 28.1 Å². The van der Waals surface area contributed by atoms with Crippen LogP contribution in [-0.4, -0.2) is 20.2 Å². The first kappa shape index (κ1) is 14.7. The molecule has 0 bridgehead atoms. The Bertz CT molecular complexity index is 899. The van der Waals surface area contributed by atoms with Crippen molar-refractivity contribution in [3.63, 3.8) is 0 Å². The molecule has 2 aromatic carbocycles. The number of imidazole rings is 1. The number of nitro benzene ring substituents is 1. The van der Waals surface area contributed by atoms with Gasteiger partial charge in [-0.15, -0.1) is 0 Å². The third-order valence-electron chi connectivity index (χ3n) is 3.53. The topological polar surface area (TPSA) is 85.3 Å². The largest absolute Gasteiger partial charge is 0.326 e. The Kier molecular flexibility index (Phi) is 3.76. The molecule has 1 N–H and O–H groups in total. The fourth-order valence-electron chi connectivity index (χ4n) is 2.34. The number of aromatic nitrogens is 2. The standard InChI is InChI=1S/C16H15N5O2/c1-11(18-19-12-6-4-3-5-7-12)16-17-14-10-13(21(22)23)8-9-15(14)20(16)2/h3-10,19H,1-2H3/b18-11+. The second-order valence-electron chi connectivity index (χ2n) is 5.10. The first-order valence-electron chi connectivity index (χ1n) is 7.03. The molecule has 7 nitrogen and oxygen atoms in total. The number of nitrogens with zero attached hydrogens (tertiary/aromatic N) is 4. The zero-order valence-corrected chi connectivity index (χ0v) is 12.7. The average molecular weight is 309 g/mol. The fraction of sp³-hybridized carbons (Fsp3) is 0.125. The van der Waals surface area contributed by atoms with Gasteiger partial charge >= 0.3 is 0 Å². The van der Waals surface area contributed by atoms with E-state index in [4.69, 9.17) is 0 Å². The number of hydrogen-bond acceptors (Lipinski definition) is 5. The van der Waals surface area contributed by atoms with Gasteiger partial charge < -0.3 is 4.57 Å². The summed E-state index contributed by atoms with van der Waals surface area (Å²) < 4.78 is 1.87. The zero-order chi connectivity index (χ0) is 16.4. The van der Waals surface area contributed by atoms with E-state index in [-0.39, 0.29) is 5.69 Å². The van der Waals surface area contributed by atoms with Crippen LogP contribution in [0.3, 0.4) is 0 Å². The summed E-state index contributed by atoms with van der Waals surface area (Å²) in [5.74, 6) is 0.656. The van der Waals surface area contributed by atoms with Gasteiger partial charge in [0.05, 0.1) is 21.6 Å². The lowest BCUT2D eigenvalue weighted by atomic mass is 10.3. The molecule has 0 fully saturated rings. The Hall–Kier alpha value is -3.22. The number of fused-ring (bicyclic) bond motifs is 1. The molecule has 0 saturated carbocycles. The second-order valence-corrected chi connectivity index (χ2v) is 5.10. The maximum atomic E-state index is 10.9. The number of anilines is 1. The van der Waals surface area contributed by atoms with Crippen LogP contribution >= 0.6 is 0 Å². The minimum absolute atomic E-state index is 0.0270. The van der Waals surface area contributed by atoms with E-state index >= 15 is 0 Å². The van der Waals surface area contributed by atoms with Crippen molar-refractivity contribution in [3.05, 3.63) is 64.5 Å². The lowest BCUT2D eigenvalue weighted by Gasteiger charge is -2.03. The third-order valence-corrected chi connectivity index (χ3v) is 3.53. The van der Waals surface area contributed by atoms with Crippen LogP contribution in [0, 0.1) is 10.1 Å². The van der Waals surface area contributed by atoms with Gasteiger partial charge in [-0.3, -0.25) is 15.5 Å². The lowest BCUT2D eigenvalue weighted by molar-refractivity contribution is -0.384. The van der Waals surface area contributed by atoms with Crippen LogP contribution in [0.1, 0.15) is 12.7 Å². The molecule has 116 valence electrons. The summed E-state index contributed by atoms with van der Waals surface area (Å²) in [6, 6.07) is 14.2. The van der Waals surface area contributed by atoms with Crippen molar-refractivity contribution in [2.24, 2.45) is 12.1 Å². The van der Waals surface area contributed by atoms with Crippen molar-refractivity contribution in [1.29, 1.82) is 0 Å². The van der Waals surface area contributed by atoms with Gasteiger partial charge in [0, 0.05) is 19.2 Å². The Labute approximate surface area is 132 Å². The highest BCUT2D eigenvalue weighted by atomic mass is 16.6. The normalized spacial score (nSPS) is 11.7. The molecule has 0 radical (unpaired) electrons. The number of nitro groups is 1. The van der Waals surface area contributed by atoms with E-state index in [9.17, 15) is 10.1 Å². The Morgan fingerprint density at radius 3 is 2.70 bits per heavy atom. The molecule has 0 saturated heterocycles. The summed E-state index contributed by atoms with van der Waals surface area (Å²) in [5, 5.41) is 15.2. The molecule has 0 spiro atoms. The van der Waals surface area contributed by atoms with Gasteiger partial charge in [-0.2, -0.15) is 5.10 Å². The first-order valence-corrected chi connectivity index (χ1v) is 7.03. The summed E-state index contributed by atoms with van der Waals surface area (Å²) >= 11 is 0. The number of hydrazone groups is 1. The van der Waals surface area contributed by atoms with Gasteiger partial charge in [-0.25, -0.2) is 4.98 Å². The quantitative estimate of drug-likeness (QED) is 0.455. The number of rotatable bonds is 4. The van der Waals surface area contributed by atoms with Crippen LogP contribution in [0.2, 0.25) is 0 Å². The van der Waals surface area contributed by atoms with Crippen LogP contribution in [0.25, 0.3) is 11.0 Å². The number of benzene rings is 2. The minimum Gasteiger partial charge on any atom is -0.326 e. The molecule has 0 aliphatic heterocycles.